The van der Waals surface area contributed by atoms with Crippen LogP contribution >= 0.6 is 0 Å². The molecule has 198 valence electrons. The molecule has 1 aliphatic carbocycles. The average Bonchev–Trinajstić information content (AvgIpc) is 3.49. The van der Waals surface area contributed by atoms with Gasteiger partial charge in [-0.2, -0.15) is 13.2 Å². The lowest BCUT2D eigenvalue weighted by Gasteiger charge is -2.41. The maximum absolute atomic E-state index is 12.9. The number of anilines is 1. The molecular weight excluding hydrogens is 507 g/mol. The van der Waals surface area contributed by atoms with Crippen molar-refractivity contribution in [1.82, 2.24) is 14.4 Å². The summed E-state index contributed by atoms with van der Waals surface area (Å²) in [4.78, 5) is 30.0. The second-order valence-corrected chi connectivity index (χ2v) is 9.02. The van der Waals surface area contributed by atoms with Crippen LogP contribution in [0.1, 0.15) is 48.1 Å². The number of nitrogens with zero attached hydrogens (tertiary/aromatic N) is 3. The molecule has 1 amide bonds. The number of nitrogens with one attached hydrogen (secondary N) is 1. The number of pyridine rings is 2. The van der Waals surface area contributed by atoms with Gasteiger partial charge in [0.15, 0.2) is 0 Å². The maximum Gasteiger partial charge on any atom is 0.490 e. The molecule has 6 rings (SSSR count). The summed E-state index contributed by atoms with van der Waals surface area (Å²) >= 11 is 0. The fourth-order valence-corrected chi connectivity index (χ4v) is 4.57. The third-order valence-corrected chi connectivity index (χ3v) is 6.16. The molecule has 2 saturated heterocycles. The number of halogens is 5. The molecule has 0 radical (unpaired) electrons. The van der Waals surface area contributed by atoms with Crippen LogP contribution in [-0.2, 0) is 14.9 Å². The third kappa shape index (κ3) is 5.19. The van der Waals surface area contributed by atoms with Crippen LogP contribution < -0.4 is 10.1 Å². The van der Waals surface area contributed by atoms with Gasteiger partial charge in [0.25, 0.3) is 12.3 Å². The first kappa shape index (κ1) is 26.3. The second-order valence-electron chi connectivity index (χ2n) is 9.02. The van der Waals surface area contributed by atoms with E-state index >= 15 is 0 Å². The van der Waals surface area contributed by atoms with E-state index in [0.29, 0.717) is 23.7 Å². The highest BCUT2D eigenvalue weighted by Crippen LogP contribution is 2.58. The van der Waals surface area contributed by atoms with Crippen LogP contribution in [0.15, 0.2) is 36.7 Å². The number of aromatic nitrogens is 3. The zero-order valence-electron chi connectivity index (χ0n) is 19.5. The molecule has 3 aliphatic rings. The summed E-state index contributed by atoms with van der Waals surface area (Å²) in [6.45, 7) is 2.77. The fraction of sp³-hybridized carbons (Fsp3) is 0.391. The molecule has 0 atom stereocenters. The lowest BCUT2D eigenvalue weighted by molar-refractivity contribution is -0.192. The van der Waals surface area contributed by atoms with Crippen LogP contribution in [0.5, 0.6) is 5.75 Å². The summed E-state index contributed by atoms with van der Waals surface area (Å²) in [5, 5.41) is 9.82. The Hall–Kier alpha value is -3.81. The number of carbonyl (C=O) groups is 2. The highest BCUT2D eigenvalue weighted by molar-refractivity contribution is 6.03. The number of fused-ring (bicyclic) bond motifs is 2. The van der Waals surface area contributed by atoms with Crippen molar-refractivity contribution >= 4 is 23.2 Å². The number of imidazole rings is 1. The minimum atomic E-state index is -5.08. The number of rotatable bonds is 5. The van der Waals surface area contributed by atoms with Crippen molar-refractivity contribution < 1.29 is 46.1 Å². The normalized spacial score (nSPS) is 22.3. The van der Waals surface area contributed by atoms with Crippen molar-refractivity contribution in [2.45, 2.75) is 43.4 Å². The summed E-state index contributed by atoms with van der Waals surface area (Å²) in [6, 6.07) is 5.67. The second kappa shape index (κ2) is 9.25. The van der Waals surface area contributed by atoms with Gasteiger partial charge in [0.05, 0.1) is 25.0 Å². The Morgan fingerprint density at radius 2 is 1.89 bits per heavy atom. The third-order valence-electron chi connectivity index (χ3n) is 6.16. The molecule has 5 heterocycles. The van der Waals surface area contributed by atoms with Gasteiger partial charge < -0.3 is 24.3 Å². The summed E-state index contributed by atoms with van der Waals surface area (Å²) in [5.74, 6) is -2.95. The fourth-order valence-electron chi connectivity index (χ4n) is 4.57. The van der Waals surface area contributed by atoms with E-state index in [2.05, 4.69) is 17.2 Å². The predicted octanol–water partition coefficient (Wildman–Crippen LogP) is 4.38. The van der Waals surface area contributed by atoms with Gasteiger partial charge in [-0.15, -0.1) is 0 Å². The van der Waals surface area contributed by atoms with Crippen molar-refractivity contribution in [1.29, 1.82) is 0 Å². The molecule has 14 heteroatoms. The zero-order valence-corrected chi connectivity index (χ0v) is 19.5. The van der Waals surface area contributed by atoms with E-state index in [1.54, 1.807) is 12.3 Å². The molecule has 0 unspecified atom stereocenters. The lowest BCUT2D eigenvalue weighted by atomic mass is 9.62. The number of alkyl halides is 5. The summed E-state index contributed by atoms with van der Waals surface area (Å²) < 4.78 is 70.6. The minimum Gasteiger partial charge on any atom is -0.494 e. The predicted molar refractivity (Wildman–Crippen MR) is 118 cm³/mol. The van der Waals surface area contributed by atoms with E-state index in [9.17, 15) is 26.7 Å². The van der Waals surface area contributed by atoms with Crippen LogP contribution in [0.25, 0.3) is 5.65 Å². The van der Waals surface area contributed by atoms with Gasteiger partial charge in [-0.3, -0.25) is 4.79 Å². The van der Waals surface area contributed by atoms with Crippen molar-refractivity contribution in [2.24, 2.45) is 0 Å². The summed E-state index contributed by atoms with van der Waals surface area (Å²) in [7, 11) is 1.49. The number of methoxy groups -OCH3 is 1. The molecule has 1 saturated carbocycles. The van der Waals surface area contributed by atoms with Crippen LogP contribution in [0, 0.1) is 0 Å². The standard InChI is InChI=1S/C21H20F2N4O3.C2HF3O2/c1-20-9-21(10-20,11-30-20)16-8-27-7-14(15(29-2)6-17(27)26-16)25-19(28)13-5-3-4-12(24-13)18(22)23;3-2(4,5)1(6)7/h3-8,18H,9-11H2,1-2H3,(H,25,28);(H,6,7). The number of hydrogen-bond acceptors (Lipinski definition) is 6. The van der Waals surface area contributed by atoms with E-state index in [1.807, 2.05) is 10.6 Å². The van der Waals surface area contributed by atoms with Gasteiger partial charge in [-0.25, -0.2) is 23.5 Å². The SMILES string of the molecule is COc1cc2nc(C34COC(C)(C3)C4)cn2cc1NC(=O)c1cccc(C(F)F)n1.O=C(O)C(F)(F)F. The summed E-state index contributed by atoms with van der Waals surface area (Å²) in [5.41, 5.74) is 1.37. The van der Waals surface area contributed by atoms with Gasteiger partial charge in [0.2, 0.25) is 0 Å². The molecule has 2 aliphatic heterocycles. The van der Waals surface area contributed by atoms with Gasteiger partial charge in [0.1, 0.15) is 28.5 Å². The Morgan fingerprint density at radius 1 is 1.22 bits per heavy atom. The maximum atomic E-state index is 12.9. The molecule has 0 aromatic carbocycles. The highest BCUT2D eigenvalue weighted by atomic mass is 19.4. The van der Waals surface area contributed by atoms with Crippen LogP contribution in [0.2, 0.25) is 0 Å². The zero-order chi connectivity index (χ0) is 27.2. The topological polar surface area (TPSA) is 115 Å². The quantitative estimate of drug-likeness (QED) is 0.473. The average molecular weight is 528 g/mol. The van der Waals surface area contributed by atoms with Crippen molar-refractivity contribution in [3.63, 3.8) is 0 Å². The van der Waals surface area contributed by atoms with E-state index < -0.39 is 30.2 Å². The Kier molecular flexibility index (Phi) is 6.56. The molecule has 9 nitrogen and oxygen atoms in total. The first-order valence-corrected chi connectivity index (χ1v) is 10.8. The van der Waals surface area contributed by atoms with Crippen molar-refractivity contribution in [3.8, 4) is 5.75 Å². The van der Waals surface area contributed by atoms with E-state index in [0.717, 1.165) is 18.5 Å². The molecule has 2 bridgehead atoms. The monoisotopic (exact) mass is 528 g/mol. The first-order chi connectivity index (χ1) is 17.2. The molecule has 3 aromatic heterocycles. The number of carbonyl (C=O) groups excluding carboxylic acids is 1. The smallest absolute Gasteiger partial charge is 0.490 e. The van der Waals surface area contributed by atoms with Gasteiger partial charge in [-0.1, -0.05) is 6.07 Å². The molecule has 0 spiro atoms. The molecule has 2 N–H and O–H groups in total. The molecular formula is C23H21F5N4O5. The first-order valence-electron chi connectivity index (χ1n) is 10.8. The number of hydrogen-bond donors (Lipinski definition) is 2. The summed E-state index contributed by atoms with van der Waals surface area (Å²) in [6.07, 6.45) is -2.31. The van der Waals surface area contributed by atoms with Crippen molar-refractivity contribution in [3.05, 3.63) is 53.7 Å². The van der Waals surface area contributed by atoms with Crippen LogP contribution in [0.4, 0.5) is 27.6 Å². The number of amides is 1. The minimum absolute atomic E-state index is 0.0492. The van der Waals surface area contributed by atoms with E-state index in [1.165, 1.54) is 25.3 Å². The Balaban J connectivity index is 0.000000405. The van der Waals surface area contributed by atoms with Crippen LogP contribution in [0.3, 0.4) is 0 Å². The molecule has 3 aromatic rings. The number of aliphatic carboxylic acids is 1. The Morgan fingerprint density at radius 3 is 2.43 bits per heavy atom. The number of ether oxygens (including phenoxy) is 2. The highest BCUT2D eigenvalue weighted by Gasteiger charge is 2.61. The van der Waals surface area contributed by atoms with Crippen LogP contribution in [-0.4, -0.2) is 56.8 Å². The van der Waals surface area contributed by atoms with Gasteiger partial charge in [-0.05, 0) is 31.9 Å². The Bertz CT molecular complexity index is 1350. The molecule has 37 heavy (non-hydrogen) atoms. The number of carboxylic acid groups (broad SMARTS) is 1. The van der Waals surface area contributed by atoms with E-state index in [4.69, 9.17) is 24.4 Å². The van der Waals surface area contributed by atoms with Gasteiger partial charge in [0, 0.05) is 23.9 Å². The van der Waals surface area contributed by atoms with E-state index in [-0.39, 0.29) is 16.7 Å². The van der Waals surface area contributed by atoms with Gasteiger partial charge >= 0.3 is 12.1 Å². The lowest BCUT2D eigenvalue weighted by Crippen LogP contribution is -2.45. The Labute approximate surface area is 206 Å². The largest absolute Gasteiger partial charge is 0.494 e. The van der Waals surface area contributed by atoms with Crippen molar-refractivity contribution in [2.75, 3.05) is 19.0 Å². The molecule has 3 fully saturated rings. The number of carboxylic acids is 1.